The van der Waals surface area contributed by atoms with Gasteiger partial charge >= 0.3 is 6.18 Å². The molecule has 1 aromatic heterocycles. The van der Waals surface area contributed by atoms with Crippen LogP contribution in [0.1, 0.15) is 38.2 Å². The fourth-order valence-electron chi connectivity index (χ4n) is 2.80. The lowest BCUT2D eigenvalue weighted by Crippen LogP contribution is -2.32. The number of Topliss-reactive ketones (excluding diaryl/α,β-unsaturated/α-hetero) is 1. The first kappa shape index (κ1) is 15.1. The van der Waals surface area contributed by atoms with E-state index in [1.807, 2.05) is 6.92 Å². The second-order valence-corrected chi connectivity index (χ2v) is 5.45. The Kier molecular flexibility index (Phi) is 4.50. The molecule has 0 amide bonds. The molecule has 0 radical (unpaired) electrons. The Morgan fingerprint density at radius 1 is 1.45 bits per heavy atom. The molecule has 2 rings (SSSR count). The molecule has 1 aliphatic carbocycles. The molecule has 20 heavy (non-hydrogen) atoms. The molecule has 112 valence electrons. The lowest BCUT2D eigenvalue weighted by Gasteiger charge is -2.29. The number of carbonyl (C=O) groups is 1. The van der Waals surface area contributed by atoms with Crippen LogP contribution in [0.2, 0.25) is 0 Å². The average molecular weight is 288 g/mol. The van der Waals surface area contributed by atoms with Crippen molar-refractivity contribution in [3.05, 3.63) is 18.0 Å². The van der Waals surface area contributed by atoms with E-state index in [0.29, 0.717) is 19.4 Å². The van der Waals surface area contributed by atoms with Crippen molar-refractivity contribution in [2.75, 3.05) is 0 Å². The molecule has 3 nitrogen and oxygen atoms in total. The van der Waals surface area contributed by atoms with Gasteiger partial charge in [0.1, 0.15) is 5.78 Å². The quantitative estimate of drug-likeness (QED) is 0.851. The van der Waals surface area contributed by atoms with E-state index < -0.39 is 18.0 Å². The Morgan fingerprint density at radius 3 is 2.80 bits per heavy atom. The van der Waals surface area contributed by atoms with Crippen molar-refractivity contribution in [2.24, 2.45) is 11.8 Å². The van der Waals surface area contributed by atoms with Crippen LogP contribution in [-0.4, -0.2) is 21.7 Å². The van der Waals surface area contributed by atoms with Crippen molar-refractivity contribution in [2.45, 2.75) is 51.7 Å². The number of hydrogen-bond donors (Lipinski definition) is 0. The maximum atomic E-state index is 12.7. The number of hydrogen-bond acceptors (Lipinski definition) is 2. The van der Waals surface area contributed by atoms with Gasteiger partial charge in [0, 0.05) is 25.1 Å². The van der Waals surface area contributed by atoms with Gasteiger partial charge in [0.05, 0.1) is 12.1 Å². The van der Waals surface area contributed by atoms with Crippen molar-refractivity contribution in [1.82, 2.24) is 9.78 Å². The highest BCUT2D eigenvalue weighted by molar-refractivity contribution is 5.83. The van der Waals surface area contributed by atoms with E-state index in [1.54, 1.807) is 17.1 Å². The zero-order valence-corrected chi connectivity index (χ0v) is 11.5. The van der Waals surface area contributed by atoms with Crippen molar-refractivity contribution in [3.63, 3.8) is 0 Å². The maximum absolute atomic E-state index is 12.7. The first-order valence-electron chi connectivity index (χ1n) is 7.01. The van der Waals surface area contributed by atoms with E-state index in [0.717, 1.165) is 5.56 Å². The molecule has 0 aromatic carbocycles. The second-order valence-electron chi connectivity index (χ2n) is 5.45. The molecule has 1 heterocycles. The first-order valence-corrected chi connectivity index (χ1v) is 7.01. The zero-order valence-electron chi connectivity index (χ0n) is 11.5. The predicted molar refractivity (Wildman–Crippen MR) is 68.1 cm³/mol. The van der Waals surface area contributed by atoms with E-state index in [1.165, 1.54) is 0 Å². The summed E-state index contributed by atoms with van der Waals surface area (Å²) in [5, 5.41) is 4.07. The Hall–Kier alpha value is -1.33. The molecular formula is C14H19F3N2O. The van der Waals surface area contributed by atoms with E-state index in [2.05, 4.69) is 5.10 Å². The molecule has 1 saturated carbocycles. The van der Waals surface area contributed by atoms with Crippen molar-refractivity contribution >= 4 is 5.78 Å². The molecule has 0 saturated heterocycles. The van der Waals surface area contributed by atoms with Gasteiger partial charge in [0.25, 0.3) is 0 Å². The molecule has 6 heteroatoms. The predicted octanol–water partition coefficient (Wildman–Crippen LogP) is 3.38. The Labute approximate surface area is 116 Å². The second kappa shape index (κ2) is 5.97. The summed E-state index contributed by atoms with van der Waals surface area (Å²) in [4.78, 5) is 12.1. The third kappa shape index (κ3) is 3.61. The summed E-state index contributed by atoms with van der Waals surface area (Å²) in [6.07, 6.45) is 0.572. The minimum absolute atomic E-state index is 0.0513. The molecule has 1 aliphatic rings. The highest BCUT2D eigenvalue weighted by Crippen LogP contribution is 2.40. The lowest BCUT2D eigenvalue weighted by molar-refractivity contribution is -0.186. The van der Waals surface area contributed by atoms with E-state index in [9.17, 15) is 18.0 Å². The van der Waals surface area contributed by atoms with Crippen LogP contribution >= 0.6 is 0 Å². The van der Waals surface area contributed by atoms with Gasteiger partial charge < -0.3 is 0 Å². The minimum Gasteiger partial charge on any atom is -0.299 e. The molecule has 0 bridgehead atoms. The number of ketones is 1. The summed E-state index contributed by atoms with van der Waals surface area (Å²) >= 11 is 0. The van der Waals surface area contributed by atoms with Crippen LogP contribution in [-0.2, 0) is 17.8 Å². The summed E-state index contributed by atoms with van der Waals surface area (Å²) in [7, 11) is 0. The number of halogens is 3. The number of carbonyl (C=O) groups excluding carboxylic acids is 1. The molecule has 0 spiro atoms. The van der Waals surface area contributed by atoms with E-state index in [4.69, 9.17) is 0 Å². The lowest BCUT2D eigenvalue weighted by atomic mass is 9.78. The van der Waals surface area contributed by atoms with Crippen molar-refractivity contribution in [1.29, 1.82) is 0 Å². The molecule has 1 aromatic rings. The number of nitrogens with zero attached hydrogens (tertiary/aromatic N) is 2. The SMILES string of the molecule is CCn1cc(CC(=O)C2CCCC(C(F)(F)F)C2)cn1. The molecule has 0 aliphatic heterocycles. The molecule has 2 unspecified atom stereocenters. The Balaban J connectivity index is 1.95. The minimum atomic E-state index is -4.17. The molecule has 2 atom stereocenters. The number of aryl methyl sites for hydroxylation is 1. The van der Waals surface area contributed by atoms with Crippen LogP contribution in [0.15, 0.2) is 12.4 Å². The maximum Gasteiger partial charge on any atom is 0.391 e. The summed E-state index contributed by atoms with van der Waals surface area (Å²) in [6.45, 7) is 2.65. The molecular weight excluding hydrogens is 269 g/mol. The number of alkyl halides is 3. The standard InChI is InChI=1S/C14H19F3N2O/c1-2-19-9-10(8-18-19)6-13(20)11-4-3-5-12(7-11)14(15,16)17/h8-9,11-12H,2-7H2,1H3. The number of rotatable bonds is 4. The van der Waals surface area contributed by atoms with Gasteiger partial charge in [-0.15, -0.1) is 0 Å². The summed E-state index contributed by atoms with van der Waals surface area (Å²) in [5.41, 5.74) is 0.783. The third-order valence-corrected chi connectivity index (χ3v) is 3.98. The first-order chi connectivity index (χ1) is 9.40. The van der Waals surface area contributed by atoms with Gasteiger partial charge in [0.2, 0.25) is 0 Å². The van der Waals surface area contributed by atoms with Crippen LogP contribution < -0.4 is 0 Å². The van der Waals surface area contributed by atoms with Crippen LogP contribution in [0.5, 0.6) is 0 Å². The van der Waals surface area contributed by atoms with Gasteiger partial charge in [-0.3, -0.25) is 9.48 Å². The van der Waals surface area contributed by atoms with Gasteiger partial charge in [0.15, 0.2) is 0 Å². The fourth-order valence-corrected chi connectivity index (χ4v) is 2.80. The molecule has 0 N–H and O–H groups in total. The van der Waals surface area contributed by atoms with Gasteiger partial charge in [-0.05, 0) is 31.7 Å². The van der Waals surface area contributed by atoms with Gasteiger partial charge in [-0.25, -0.2) is 0 Å². The van der Waals surface area contributed by atoms with Gasteiger partial charge in [-0.1, -0.05) is 6.42 Å². The van der Waals surface area contributed by atoms with Crippen molar-refractivity contribution in [3.8, 4) is 0 Å². The monoisotopic (exact) mass is 288 g/mol. The summed E-state index contributed by atoms with van der Waals surface area (Å²) in [5.74, 6) is -1.86. The largest absolute Gasteiger partial charge is 0.391 e. The van der Waals surface area contributed by atoms with E-state index >= 15 is 0 Å². The van der Waals surface area contributed by atoms with Gasteiger partial charge in [-0.2, -0.15) is 18.3 Å². The smallest absolute Gasteiger partial charge is 0.299 e. The summed E-state index contributed by atoms with van der Waals surface area (Å²) < 4.78 is 39.9. The van der Waals surface area contributed by atoms with Crippen LogP contribution in [0, 0.1) is 11.8 Å². The Bertz CT molecular complexity index is 467. The van der Waals surface area contributed by atoms with Crippen LogP contribution in [0.4, 0.5) is 13.2 Å². The normalized spacial score (nSPS) is 23.8. The highest BCUT2D eigenvalue weighted by Gasteiger charge is 2.43. The average Bonchev–Trinajstić information content (AvgIpc) is 2.85. The summed E-state index contributed by atoms with van der Waals surface area (Å²) in [6, 6.07) is 0. The van der Waals surface area contributed by atoms with Crippen LogP contribution in [0.3, 0.4) is 0 Å². The number of aromatic nitrogens is 2. The molecule has 1 fully saturated rings. The third-order valence-electron chi connectivity index (χ3n) is 3.98. The fraction of sp³-hybridized carbons (Fsp3) is 0.714. The zero-order chi connectivity index (χ0) is 14.8. The van der Waals surface area contributed by atoms with Crippen LogP contribution in [0.25, 0.3) is 0 Å². The topological polar surface area (TPSA) is 34.9 Å². The van der Waals surface area contributed by atoms with Crippen molar-refractivity contribution < 1.29 is 18.0 Å². The Morgan fingerprint density at radius 2 is 2.20 bits per heavy atom. The highest BCUT2D eigenvalue weighted by atomic mass is 19.4. The van der Waals surface area contributed by atoms with E-state index in [-0.39, 0.29) is 25.0 Å².